The van der Waals surface area contributed by atoms with Crippen molar-refractivity contribution in [3.05, 3.63) is 0 Å². The summed E-state index contributed by atoms with van der Waals surface area (Å²) in [4.78, 5) is 14.0. The van der Waals surface area contributed by atoms with E-state index >= 15 is 0 Å². The van der Waals surface area contributed by atoms with Crippen LogP contribution in [0.25, 0.3) is 0 Å². The van der Waals surface area contributed by atoms with E-state index in [2.05, 4.69) is 4.84 Å². The van der Waals surface area contributed by atoms with Gasteiger partial charge in [-0.2, -0.15) is 5.48 Å². The van der Waals surface area contributed by atoms with Gasteiger partial charge in [-0.25, -0.2) is 4.79 Å². The molecule has 0 atom stereocenters. The number of carbonyl (C=O) groups excluding carboxylic acids is 1. The standard InChI is InChI=1S/C3H7N3O3/c4-3(5)6-9-2(8)1-7/h7H,1H2,(H4,4,5,6). The molecule has 0 aromatic carbocycles. The van der Waals surface area contributed by atoms with E-state index < -0.39 is 18.5 Å². The van der Waals surface area contributed by atoms with Gasteiger partial charge in [-0.05, 0) is 0 Å². The van der Waals surface area contributed by atoms with Crippen LogP contribution >= 0.6 is 0 Å². The number of rotatable bonds is 1. The molecule has 0 aliphatic rings. The van der Waals surface area contributed by atoms with Crippen molar-refractivity contribution in [2.24, 2.45) is 5.73 Å². The zero-order valence-corrected chi connectivity index (χ0v) is 4.55. The number of aliphatic hydroxyl groups is 1. The molecule has 9 heavy (non-hydrogen) atoms. The summed E-state index contributed by atoms with van der Waals surface area (Å²) in [5.74, 6) is -1.37. The predicted octanol–water partition coefficient (Wildman–Crippen LogP) is -2.08. The number of nitrogens with one attached hydrogen (secondary N) is 2. The fraction of sp³-hybridized carbons (Fsp3) is 0.333. The van der Waals surface area contributed by atoms with Crippen molar-refractivity contribution in [2.75, 3.05) is 6.61 Å². The molecule has 0 rings (SSSR count). The van der Waals surface area contributed by atoms with Crippen molar-refractivity contribution < 1.29 is 14.7 Å². The van der Waals surface area contributed by atoms with Gasteiger partial charge in [0.1, 0.15) is 6.61 Å². The van der Waals surface area contributed by atoms with Crippen molar-refractivity contribution in [2.45, 2.75) is 0 Å². The van der Waals surface area contributed by atoms with Gasteiger partial charge in [0.05, 0.1) is 0 Å². The fourth-order valence-electron chi connectivity index (χ4n) is 0.144. The molecule has 0 aliphatic heterocycles. The Balaban J connectivity index is 3.28. The molecule has 0 unspecified atom stereocenters. The van der Waals surface area contributed by atoms with Gasteiger partial charge in [0, 0.05) is 0 Å². The largest absolute Gasteiger partial charge is 0.385 e. The van der Waals surface area contributed by atoms with Crippen LogP contribution in [0.2, 0.25) is 0 Å². The highest BCUT2D eigenvalue weighted by Gasteiger charge is 1.97. The third kappa shape index (κ3) is 4.56. The molecule has 52 valence electrons. The molecule has 0 radical (unpaired) electrons. The minimum absolute atomic E-state index is 0.489. The van der Waals surface area contributed by atoms with Gasteiger partial charge >= 0.3 is 5.97 Å². The lowest BCUT2D eigenvalue weighted by Crippen LogP contribution is -2.33. The van der Waals surface area contributed by atoms with Gasteiger partial charge in [-0.15, -0.1) is 0 Å². The lowest BCUT2D eigenvalue weighted by molar-refractivity contribution is -0.151. The molecule has 0 bridgehead atoms. The second kappa shape index (κ2) is 3.67. The molecule has 0 fully saturated rings. The summed E-state index contributed by atoms with van der Waals surface area (Å²) in [6.45, 7) is -0.736. The van der Waals surface area contributed by atoms with Crippen molar-refractivity contribution in [1.82, 2.24) is 5.48 Å². The quantitative estimate of drug-likeness (QED) is 0.186. The van der Waals surface area contributed by atoms with Crippen LogP contribution in [0.1, 0.15) is 0 Å². The van der Waals surface area contributed by atoms with E-state index in [4.69, 9.17) is 16.2 Å². The van der Waals surface area contributed by atoms with Crippen molar-refractivity contribution >= 4 is 11.9 Å². The number of guanidine groups is 1. The number of nitrogens with two attached hydrogens (primary N) is 1. The molecular weight excluding hydrogens is 126 g/mol. The highest BCUT2D eigenvalue weighted by Crippen LogP contribution is 1.66. The summed E-state index contributed by atoms with van der Waals surface area (Å²) in [6, 6.07) is 0. The highest BCUT2D eigenvalue weighted by atomic mass is 16.7. The first-order chi connectivity index (χ1) is 4.16. The normalized spacial score (nSPS) is 8.11. The van der Waals surface area contributed by atoms with E-state index in [1.54, 1.807) is 5.48 Å². The Morgan fingerprint density at radius 1 is 1.89 bits per heavy atom. The maximum absolute atomic E-state index is 10.0. The lowest BCUT2D eigenvalue weighted by Gasteiger charge is -2.00. The Bertz CT molecular complexity index is 123. The summed E-state index contributed by atoms with van der Waals surface area (Å²) in [7, 11) is 0. The SMILES string of the molecule is N=C(N)NOC(=O)CO. The average molecular weight is 133 g/mol. The first-order valence-corrected chi connectivity index (χ1v) is 2.07. The summed E-state index contributed by atoms with van der Waals surface area (Å²) >= 11 is 0. The Hall–Kier alpha value is -1.30. The minimum Gasteiger partial charge on any atom is -0.385 e. The molecular formula is C3H7N3O3. The van der Waals surface area contributed by atoms with E-state index in [9.17, 15) is 4.79 Å². The zero-order valence-electron chi connectivity index (χ0n) is 4.55. The smallest absolute Gasteiger partial charge is 0.357 e. The summed E-state index contributed by atoms with van der Waals surface area (Å²) < 4.78 is 0. The Kier molecular flexibility index (Phi) is 3.14. The van der Waals surface area contributed by atoms with Crippen LogP contribution in [0, 0.1) is 5.41 Å². The van der Waals surface area contributed by atoms with Gasteiger partial charge in [0.25, 0.3) is 0 Å². The first kappa shape index (κ1) is 7.70. The fourth-order valence-corrected chi connectivity index (χ4v) is 0.144. The predicted molar refractivity (Wildman–Crippen MR) is 28.2 cm³/mol. The molecule has 5 N–H and O–H groups in total. The van der Waals surface area contributed by atoms with Gasteiger partial charge in [0.15, 0.2) is 0 Å². The van der Waals surface area contributed by atoms with Gasteiger partial charge < -0.3 is 15.7 Å². The maximum atomic E-state index is 10.0. The van der Waals surface area contributed by atoms with E-state index in [0.717, 1.165) is 0 Å². The van der Waals surface area contributed by atoms with E-state index in [1.807, 2.05) is 0 Å². The third-order valence-corrected chi connectivity index (χ3v) is 0.404. The van der Waals surface area contributed by atoms with Gasteiger partial charge in [-0.3, -0.25) is 5.41 Å². The molecule has 0 amide bonds. The Labute approximate surface area is 51.1 Å². The molecule has 0 aromatic rings. The first-order valence-electron chi connectivity index (χ1n) is 2.07. The van der Waals surface area contributed by atoms with Crippen molar-refractivity contribution in [3.8, 4) is 0 Å². The molecule has 0 heterocycles. The molecule has 0 aliphatic carbocycles. The molecule has 0 saturated carbocycles. The Morgan fingerprint density at radius 2 is 2.44 bits per heavy atom. The average Bonchev–Trinajstić information content (AvgIpc) is 1.83. The molecule has 0 saturated heterocycles. The zero-order chi connectivity index (χ0) is 7.28. The third-order valence-electron chi connectivity index (χ3n) is 0.404. The van der Waals surface area contributed by atoms with E-state index in [-0.39, 0.29) is 0 Å². The van der Waals surface area contributed by atoms with Crippen molar-refractivity contribution in [1.29, 1.82) is 5.41 Å². The molecule has 0 spiro atoms. The van der Waals surface area contributed by atoms with Crippen LogP contribution in [-0.2, 0) is 9.63 Å². The number of aliphatic hydroxyl groups excluding tert-OH is 1. The molecule has 6 heteroatoms. The van der Waals surface area contributed by atoms with Crippen LogP contribution in [0.4, 0.5) is 0 Å². The van der Waals surface area contributed by atoms with E-state index in [0.29, 0.717) is 0 Å². The summed E-state index contributed by atoms with van der Waals surface area (Å²) in [5.41, 5.74) is 6.46. The Morgan fingerprint density at radius 3 is 2.78 bits per heavy atom. The molecule has 0 aromatic heterocycles. The monoisotopic (exact) mass is 133 g/mol. The van der Waals surface area contributed by atoms with Crippen LogP contribution in [-0.4, -0.2) is 23.6 Å². The topological polar surface area (TPSA) is 108 Å². The maximum Gasteiger partial charge on any atom is 0.357 e. The number of hydroxylamine groups is 1. The van der Waals surface area contributed by atoms with Crippen LogP contribution in [0.15, 0.2) is 0 Å². The van der Waals surface area contributed by atoms with Crippen LogP contribution < -0.4 is 11.2 Å². The number of hydrogen-bond acceptors (Lipinski definition) is 4. The highest BCUT2D eigenvalue weighted by molar-refractivity contribution is 5.76. The van der Waals surface area contributed by atoms with Crippen LogP contribution in [0.5, 0.6) is 0 Å². The summed E-state index contributed by atoms with van der Waals surface area (Å²) in [5, 5.41) is 14.5. The van der Waals surface area contributed by atoms with E-state index in [1.165, 1.54) is 0 Å². The lowest BCUT2D eigenvalue weighted by atomic mass is 10.8. The minimum atomic E-state index is -0.884. The number of carbonyl (C=O) groups is 1. The second-order valence-electron chi connectivity index (χ2n) is 1.15. The van der Waals surface area contributed by atoms with Crippen LogP contribution in [0.3, 0.4) is 0 Å². The summed E-state index contributed by atoms with van der Waals surface area (Å²) in [6.07, 6.45) is 0. The second-order valence-corrected chi connectivity index (χ2v) is 1.15. The van der Waals surface area contributed by atoms with Gasteiger partial charge in [0.2, 0.25) is 5.96 Å². The van der Waals surface area contributed by atoms with Gasteiger partial charge in [-0.1, -0.05) is 0 Å². The van der Waals surface area contributed by atoms with Crippen molar-refractivity contribution in [3.63, 3.8) is 0 Å². The molecule has 6 nitrogen and oxygen atoms in total. The number of hydrogen-bond donors (Lipinski definition) is 4.